The lowest BCUT2D eigenvalue weighted by atomic mass is 10.0. The third-order valence-electron chi connectivity index (χ3n) is 3.85. The van der Waals surface area contributed by atoms with Crippen LogP contribution in [0.25, 0.3) is 0 Å². The van der Waals surface area contributed by atoms with Crippen molar-refractivity contribution in [2.75, 3.05) is 13.6 Å². The molecule has 2 unspecified atom stereocenters. The van der Waals surface area contributed by atoms with E-state index in [0.717, 1.165) is 37.5 Å². The highest BCUT2D eigenvalue weighted by molar-refractivity contribution is 5.94. The van der Waals surface area contributed by atoms with Gasteiger partial charge in [-0.25, -0.2) is 8.78 Å². The van der Waals surface area contributed by atoms with Gasteiger partial charge in [0, 0.05) is 24.7 Å². The monoisotopic (exact) mass is 268 g/mol. The van der Waals surface area contributed by atoms with Gasteiger partial charge in [-0.1, -0.05) is 6.42 Å². The number of carbonyl (C=O) groups excluding carboxylic acids is 1. The third kappa shape index (κ3) is 2.92. The second kappa shape index (κ2) is 5.65. The van der Waals surface area contributed by atoms with Crippen LogP contribution in [0.4, 0.5) is 8.78 Å². The molecule has 0 bridgehead atoms. The Hall–Kier alpha value is -1.49. The molecule has 2 N–H and O–H groups in total. The maximum atomic E-state index is 13.1. The van der Waals surface area contributed by atoms with Gasteiger partial charge in [-0.2, -0.15) is 0 Å². The van der Waals surface area contributed by atoms with Crippen LogP contribution in [0.15, 0.2) is 18.2 Å². The first-order chi connectivity index (χ1) is 9.02. The van der Waals surface area contributed by atoms with E-state index in [0.29, 0.717) is 6.54 Å². The molecule has 1 aliphatic rings. The zero-order chi connectivity index (χ0) is 14.0. The second-order valence-corrected chi connectivity index (χ2v) is 5.07. The summed E-state index contributed by atoms with van der Waals surface area (Å²) in [6, 6.07) is 2.95. The summed E-state index contributed by atoms with van der Waals surface area (Å²) in [5.74, 6) is -1.56. The zero-order valence-corrected chi connectivity index (χ0v) is 10.9. The SMILES string of the molecule is CN(C(=O)c1cc(F)cc(F)c1)C1CCCC1CN. The lowest BCUT2D eigenvalue weighted by molar-refractivity contribution is 0.0699. The van der Waals surface area contributed by atoms with Crippen LogP contribution in [-0.2, 0) is 0 Å². The summed E-state index contributed by atoms with van der Waals surface area (Å²) < 4.78 is 26.3. The molecule has 1 fully saturated rings. The highest BCUT2D eigenvalue weighted by Gasteiger charge is 2.32. The number of nitrogens with zero attached hydrogens (tertiary/aromatic N) is 1. The van der Waals surface area contributed by atoms with Crippen molar-refractivity contribution < 1.29 is 13.6 Å². The topological polar surface area (TPSA) is 46.3 Å². The Labute approximate surface area is 111 Å². The maximum Gasteiger partial charge on any atom is 0.254 e. The number of amides is 1. The third-order valence-corrected chi connectivity index (χ3v) is 3.85. The first kappa shape index (κ1) is 13.9. The summed E-state index contributed by atoms with van der Waals surface area (Å²) >= 11 is 0. The molecule has 0 saturated heterocycles. The van der Waals surface area contributed by atoms with Gasteiger partial charge >= 0.3 is 0 Å². The molecule has 3 nitrogen and oxygen atoms in total. The van der Waals surface area contributed by atoms with Gasteiger partial charge in [0.05, 0.1) is 0 Å². The van der Waals surface area contributed by atoms with Crippen molar-refractivity contribution in [1.29, 1.82) is 0 Å². The molecule has 2 rings (SSSR count). The Bertz CT molecular complexity index is 458. The van der Waals surface area contributed by atoms with Gasteiger partial charge in [0.15, 0.2) is 0 Å². The van der Waals surface area contributed by atoms with E-state index in [2.05, 4.69) is 0 Å². The fourth-order valence-corrected chi connectivity index (χ4v) is 2.83. The van der Waals surface area contributed by atoms with Gasteiger partial charge in [0.25, 0.3) is 5.91 Å². The fraction of sp³-hybridized carbons (Fsp3) is 0.500. The molecule has 1 saturated carbocycles. The molecule has 2 atom stereocenters. The van der Waals surface area contributed by atoms with Crippen molar-refractivity contribution in [2.45, 2.75) is 25.3 Å². The van der Waals surface area contributed by atoms with Crippen molar-refractivity contribution in [3.63, 3.8) is 0 Å². The molecule has 0 aliphatic heterocycles. The van der Waals surface area contributed by atoms with E-state index in [1.807, 2.05) is 0 Å². The van der Waals surface area contributed by atoms with Crippen LogP contribution in [0.5, 0.6) is 0 Å². The number of hydrogen-bond acceptors (Lipinski definition) is 2. The summed E-state index contributed by atoms with van der Waals surface area (Å²) in [6.07, 6.45) is 2.92. The number of hydrogen-bond donors (Lipinski definition) is 1. The first-order valence-electron chi connectivity index (χ1n) is 6.46. The molecular weight excluding hydrogens is 250 g/mol. The fourth-order valence-electron chi connectivity index (χ4n) is 2.83. The first-order valence-corrected chi connectivity index (χ1v) is 6.46. The largest absolute Gasteiger partial charge is 0.338 e. The smallest absolute Gasteiger partial charge is 0.254 e. The molecule has 0 aromatic heterocycles. The summed E-state index contributed by atoms with van der Waals surface area (Å²) in [6.45, 7) is 0.528. The Kier molecular flexibility index (Phi) is 4.14. The molecule has 19 heavy (non-hydrogen) atoms. The molecular formula is C14H18F2N2O. The Morgan fingerprint density at radius 2 is 1.95 bits per heavy atom. The predicted molar refractivity (Wildman–Crippen MR) is 68.6 cm³/mol. The Balaban J connectivity index is 2.18. The van der Waals surface area contributed by atoms with Crippen LogP contribution in [0, 0.1) is 17.6 Å². The van der Waals surface area contributed by atoms with E-state index in [9.17, 15) is 13.6 Å². The maximum absolute atomic E-state index is 13.1. The van der Waals surface area contributed by atoms with Crippen LogP contribution < -0.4 is 5.73 Å². The van der Waals surface area contributed by atoms with Gasteiger partial charge in [-0.3, -0.25) is 4.79 Å². The lowest BCUT2D eigenvalue weighted by Gasteiger charge is -2.29. The standard InChI is InChI=1S/C14H18F2N2O/c1-18(13-4-2-3-9(13)8-17)14(19)10-5-11(15)7-12(16)6-10/h5-7,9,13H,2-4,8,17H2,1H3. The van der Waals surface area contributed by atoms with Gasteiger partial charge in [0.2, 0.25) is 0 Å². The Morgan fingerprint density at radius 3 is 2.53 bits per heavy atom. The van der Waals surface area contributed by atoms with Crippen LogP contribution in [-0.4, -0.2) is 30.4 Å². The van der Waals surface area contributed by atoms with E-state index in [1.165, 1.54) is 0 Å². The number of benzene rings is 1. The summed E-state index contributed by atoms with van der Waals surface area (Å²) in [4.78, 5) is 13.8. The van der Waals surface area contributed by atoms with E-state index in [4.69, 9.17) is 5.73 Å². The van der Waals surface area contributed by atoms with Crippen molar-refractivity contribution in [1.82, 2.24) is 4.90 Å². The van der Waals surface area contributed by atoms with Crippen molar-refractivity contribution in [3.05, 3.63) is 35.4 Å². The zero-order valence-electron chi connectivity index (χ0n) is 10.9. The molecule has 0 heterocycles. The van der Waals surface area contributed by atoms with Crippen molar-refractivity contribution >= 4 is 5.91 Å². The summed E-state index contributed by atoms with van der Waals surface area (Å²) in [5.41, 5.74) is 5.74. The Morgan fingerprint density at radius 1 is 1.32 bits per heavy atom. The van der Waals surface area contributed by atoms with Crippen LogP contribution in [0.1, 0.15) is 29.6 Å². The van der Waals surface area contributed by atoms with Gasteiger partial charge in [-0.05, 0) is 37.4 Å². The molecule has 104 valence electrons. The predicted octanol–water partition coefficient (Wildman–Crippen LogP) is 2.16. The van der Waals surface area contributed by atoms with Crippen LogP contribution >= 0.6 is 0 Å². The molecule has 0 radical (unpaired) electrons. The molecule has 0 spiro atoms. The minimum absolute atomic E-state index is 0.0441. The van der Waals surface area contributed by atoms with E-state index < -0.39 is 11.6 Å². The summed E-state index contributed by atoms with van der Waals surface area (Å²) in [7, 11) is 1.67. The molecule has 1 aliphatic carbocycles. The molecule has 1 amide bonds. The second-order valence-electron chi connectivity index (χ2n) is 5.07. The van der Waals surface area contributed by atoms with Gasteiger partial charge in [-0.15, -0.1) is 0 Å². The van der Waals surface area contributed by atoms with E-state index in [-0.39, 0.29) is 23.4 Å². The average molecular weight is 268 g/mol. The molecule has 5 heteroatoms. The highest BCUT2D eigenvalue weighted by atomic mass is 19.1. The number of halogens is 2. The number of rotatable bonds is 3. The van der Waals surface area contributed by atoms with Crippen molar-refractivity contribution in [3.8, 4) is 0 Å². The molecule has 1 aromatic carbocycles. The quantitative estimate of drug-likeness (QED) is 0.913. The van der Waals surface area contributed by atoms with E-state index in [1.54, 1.807) is 11.9 Å². The summed E-state index contributed by atoms with van der Waals surface area (Å²) in [5, 5.41) is 0. The molecule has 1 aromatic rings. The number of carbonyl (C=O) groups is 1. The van der Waals surface area contributed by atoms with Crippen molar-refractivity contribution in [2.24, 2.45) is 11.7 Å². The normalized spacial score (nSPS) is 22.5. The van der Waals surface area contributed by atoms with Gasteiger partial charge in [0.1, 0.15) is 11.6 Å². The van der Waals surface area contributed by atoms with Gasteiger partial charge < -0.3 is 10.6 Å². The average Bonchev–Trinajstić information content (AvgIpc) is 2.84. The lowest BCUT2D eigenvalue weighted by Crippen LogP contribution is -2.41. The van der Waals surface area contributed by atoms with Crippen LogP contribution in [0.2, 0.25) is 0 Å². The minimum Gasteiger partial charge on any atom is -0.338 e. The van der Waals surface area contributed by atoms with Crippen LogP contribution in [0.3, 0.4) is 0 Å². The number of nitrogens with two attached hydrogens (primary N) is 1. The highest BCUT2D eigenvalue weighted by Crippen LogP contribution is 2.29. The van der Waals surface area contributed by atoms with E-state index >= 15 is 0 Å². The minimum atomic E-state index is -0.737.